The minimum Gasteiger partial charge on any atom is -0.369 e. The maximum atomic E-state index is 11.5. The van der Waals surface area contributed by atoms with Gasteiger partial charge in [0.25, 0.3) is 0 Å². The van der Waals surface area contributed by atoms with Crippen LogP contribution in [0.1, 0.15) is 15.8 Å². The molecule has 0 saturated heterocycles. The van der Waals surface area contributed by atoms with Crippen molar-refractivity contribution in [3.05, 3.63) is 51.2 Å². The van der Waals surface area contributed by atoms with E-state index in [4.69, 9.17) is 17.3 Å². The molecule has 1 amide bonds. The Balaban J connectivity index is 2.24. The Hall–Kier alpha value is -1.52. The number of anilines is 1. The van der Waals surface area contributed by atoms with Crippen molar-refractivity contribution in [2.75, 3.05) is 5.32 Å². The van der Waals surface area contributed by atoms with Crippen LogP contribution in [-0.4, -0.2) is 5.91 Å². The number of hydrogen-bond acceptors (Lipinski definition) is 3. The van der Waals surface area contributed by atoms with Crippen LogP contribution in [0.3, 0.4) is 0 Å². The monoisotopic (exact) mass is 280 g/mol. The first-order chi connectivity index (χ1) is 8.56. The number of carbonyl (C=O) groups excluding carboxylic acids is 1. The molecule has 1 unspecified atom stereocenters. The topological polar surface area (TPSA) is 55.1 Å². The van der Waals surface area contributed by atoms with Gasteiger partial charge < -0.3 is 11.1 Å². The van der Waals surface area contributed by atoms with E-state index in [1.54, 1.807) is 23.5 Å². The minimum absolute atomic E-state index is 0.406. The number of benzene rings is 1. The summed E-state index contributed by atoms with van der Waals surface area (Å²) in [4.78, 5) is 13.6. The van der Waals surface area contributed by atoms with Crippen molar-refractivity contribution in [2.45, 2.75) is 13.0 Å². The molecular weight excluding hydrogens is 268 g/mol. The van der Waals surface area contributed by atoms with Crippen molar-refractivity contribution in [1.82, 2.24) is 0 Å². The molecule has 3 nitrogen and oxygen atoms in total. The summed E-state index contributed by atoms with van der Waals surface area (Å²) in [6.07, 6.45) is 0. The second-order valence-corrected chi connectivity index (χ2v) is 5.69. The van der Waals surface area contributed by atoms with E-state index < -0.39 is 11.9 Å². The molecule has 3 N–H and O–H groups in total. The van der Waals surface area contributed by atoms with Crippen molar-refractivity contribution in [2.24, 2.45) is 5.73 Å². The summed E-state index contributed by atoms with van der Waals surface area (Å²) < 4.78 is 0. The van der Waals surface area contributed by atoms with E-state index in [9.17, 15) is 4.79 Å². The summed E-state index contributed by atoms with van der Waals surface area (Å²) in [5.74, 6) is -0.406. The number of carbonyl (C=O) groups is 1. The average molecular weight is 281 g/mol. The number of halogens is 1. The van der Waals surface area contributed by atoms with Gasteiger partial charge >= 0.3 is 0 Å². The van der Waals surface area contributed by atoms with Gasteiger partial charge in [0.1, 0.15) is 6.04 Å². The summed E-state index contributed by atoms with van der Waals surface area (Å²) in [6.45, 7) is 1.99. The number of amides is 1. The fourth-order valence-electron chi connectivity index (χ4n) is 1.64. The van der Waals surface area contributed by atoms with Gasteiger partial charge in [0.15, 0.2) is 0 Å². The second kappa shape index (κ2) is 5.42. The van der Waals surface area contributed by atoms with E-state index in [0.29, 0.717) is 5.02 Å². The first-order valence-corrected chi connectivity index (χ1v) is 6.63. The maximum absolute atomic E-state index is 11.5. The zero-order chi connectivity index (χ0) is 13.1. The summed E-state index contributed by atoms with van der Waals surface area (Å²) >= 11 is 7.46. The molecule has 2 aromatic rings. The van der Waals surface area contributed by atoms with Crippen LogP contribution >= 0.6 is 22.9 Å². The molecule has 5 heteroatoms. The van der Waals surface area contributed by atoms with E-state index in [0.717, 1.165) is 15.4 Å². The Morgan fingerprint density at radius 3 is 2.72 bits per heavy atom. The fourth-order valence-corrected chi connectivity index (χ4v) is 2.76. The predicted molar refractivity (Wildman–Crippen MR) is 76.1 cm³/mol. The van der Waals surface area contributed by atoms with E-state index in [1.807, 2.05) is 31.2 Å². The van der Waals surface area contributed by atoms with Gasteiger partial charge in [-0.2, -0.15) is 0 Å². The molecule has 0 aliphatic rings. The van der Waals surface area contributed by atoms with E-state index in [2.05, 4.69) is 5.32 Å². The number of aryl methyl sites for hydroxylation is 1. The van der Waals surface area contributed by atoms with Crippen LogP contribution in [0.5, 0.6) is 0 Å². The Morgan fingerprint density at radius 2 is 2.17 bits per heavy atom. The van der Waals surface area contributed by atoms with Crippen molar-refractivity contribution >= 4 is 34.5 Å². The Bertz CT molecular complexity index is 568. The molecule has 0 aliphatic heterocycles. The molecule has 18 heavy (non-hydrogen) atoms. The van der Waals surface area contributed by atoms with Crippen molar-refractivity contribution < 1.29 is 4.79 Å². The van der Waals surface area contributed by atoms with E-state index in [1.165, 1.54) is 0 Å². The molecule has 1 aromatic carbocycles. The van der Waals surface area contributed by atoms with Gasteiger partial charge in [0.2, 0.25) is 5.91 Å². The normalized spacial score (nSPS) is 12.1. The number of rotatable bonds is 4. The molecule has 0 fully saturated rings. The lowest BCUT2D eigenvalue weighted by atomic mass is 10.2. The SMILES string of the molecule is Cc1ccc(C(Nc2cccc(Cl)c2)C(N)=O)s1. The van der Waals surface area contributed by atoms with Crippen molar-refractivity contribution in [3.63, 3.8) is 0 Å². The lowest BCUT2D eigenvalue weighted by Gasteiger charge is -2.15. The van der Waals surface area contributed by atoms with E-state index in [-0.39, 0.29) is 0 Å². The highest BCUT2D eigenvalue weighted by Gasteiger charge is 2.19. The number of thiophene rings is 1. The molecular formula is C13H13ClN2OS. The third kappa shape index (κ3) is 3.03. The third-order valence-electron chi connectivity index (χ3n) is 2.47. The standard InChI is InChI=1S/C13H13ClN2OS/c1-8-5-6-11(18-8)12(13(15)17)16-10-4-2-3-9(14)7-10/h2-7,12,16H,1H3,(H2,15,17). The van der Waals surface area contributed by atoms with Crippen LogP contribution in [0, 0.1) is 6.92 Å². The zero-order valence-corrected chi connectivity index (χ0v) is 11.4. The Morgan fingerprint density at radius 1 is 1.39 bits per heavy atom. The van der Waals surface area contributed by atoms with Crippen LogP contribution in [0.4, 0.5) is 5.69 Å². The van der Waals surface area contributed by atoms with Gasteiger partial charge in [-0.05, 0) is 37.3 Å². The minimum atomic E-state index is -0.526. The molecule has 0 spiro atoms. The predicted octanol–water partition coefficient (Wildman–Crippen LogP) is 3.35. The van der Waals surface area contributed by atoms with Crippen LogP contribution in [-0.2, 0) is 4.79 Å². The van der Waals surface area contributed by atoms with Crippen LogP contribution < -0.4 is 11.1 Å². The number of nitrogens with one attached hydrogen (secondary N) is 1. The second-order valence-electron chi connectivity index (χ2n) is 3.94. The first-order valence-electron chi connectivity index (χ1n) is 5.44. The zero-order valence-electron chi connectivity index (χ0n) is 9.81. The molecule has 0 radical (unpaired) electrons. The number of nitrogens with two attached hydrogens (primary N) is 1. The van der Waals surface area contributed by atoms with Crippen molar-refractivity contribution in [3.8, 4) is 0 Å². The average Bonchev–Trinajstić information content (AvgIpc) is 2.72. The molecule has 94 valence electrons. The van der Waals surface area contributed by atoms with Crippen LogP contribution in [0.2, 0.25) is 5.02 Å². The molecule has 0 bridgehead atoms. The summed E-state index contributed by atoms with van der Waals surface area (Å²) in [6, 6.07) is 10.6. The molecule has 0 aliphatic carbocycles. The van der Waals surface area contributed by atoms with Gasteiger partial charge in [-0.25, -0.2) is 0 Å². The van der Waals surface area contributed by atoms with Gasteiger partial charge in [-0.15, -0.1) is 11.3 Å². The Labute approximate surface area is 115 Å². The molecule has 1 atom stereocenters. The highest BCUT2D eigenvalue weighted by Crippen LogP contribution is 2.27. The lowest BCUT2D eigenvalue weighted by molar-refractivity contribution is -0.118. The van der Waals surface area contributed by atoms with Gasteiger partial charge in [0.05, 0.1) is 0 Å². The van der Waals surface area contributed by atoms with Gasteiger partial charge in [-0.1, -0.05) is 17.7 Å². The van der Waals surface area contributed by atoms with Crippen LogP contribution in [0.15, 0.2) is 36.4 Å². The van der Waals surface area contributed by atoms with Gasteiger partial charge in [-0.3, -0.25) is 4.79 Å². The van der Waals surface area contributed by atoms with Gasteiger partial charge in [0, 0.05) is 20.5 Å². The number of hydrogen-bond donors (Lipinski definition) is 2. The van der Waals surface area contributed by atoms with Crippen molar-refractivity contribution in [1.29, 1.82) is 0 Å². The number of primary amides is 1. The summed E-state index contributed by atoms with van der Waals surface area (Å²) in [5.41, 5.74) is 6.21. The fraction of sp³-hybridized carbons (Fsp3) is 0.154. The first kappa shape index (κ1) is 12.9. The summed E-state index contributed by atoms with van der Waals surface area (Å²) in [7, 11) is 0. The highest BCUT2D eigenvalue weighted by molar-refractivity contribution is 7.12. The summed E-state index contributed by atoms with van der Waals surface area (Å²) in [5, 5.41) is 3.72. The smallest absolute Gasteiger partial charge is 0.245 e. The van der Waals surface area contributed by atoms with E-state index >= 15 is 0 Å². The quantitative estimate of drug-likeness (QED) is 0.902. The molecule has 2 rings (SSSR count). The highest BCUT2D eigenvalue weighted by atomic mass is 35.5. The van der Waals surface area contributed by atoms with Crippen LogP contribution in [0.25, 0.3) is 0 Å². The molecule has 1 aromatic heterocycles. The Kier molecular flexibility index (Phi) is 3.89. The molecule has 1 heterocycles. The molecule has 0 saturated carbocycles. The lowest BCUT2D eigenvalue weighted by Crippen LogP contribution is -2.26. The third-order valence-corrected chi connectivity index (χ3v) is 3.77. The maximum Gasteiger partial charge on any atom is 0.245 e. The largest absolute Gasteiger partial charge is 0.369 e.